The molecule has 1 aliphatic rings. The Morgan fingerprint density at radius 2 is 1.84 bits per heavy atom. The van der Waals surface area contributed by atoms with Crippen LogP contribution in [0.5, 0.6) is 0 Å². The van der Waals surface area contributed by atoms with Crippen LogP contribution >= 0.6 is 0 Å². The van der Waals surface area contributed by atoms with Crippen molar-refractivity contribution in [2.24, 2.45) is 0 Å². The van der Waals surface area contributed by atoms with Crippen LogP contribution in [-0.2, 0) is 13.1 Å². The Bertz CT molecular complexity index is 1420. The number of hydrogen-bond donors (Lipinski definition) is 1. The zero-order chi connectivity index (χ0) is 25.9. The van der Waals surface area contributed by atoms with Gasteiger partial charge in [0, 0.05) is 29.6 Å². The second kappa shape index (κ2) is 10.9. The van der Waals surface area contributed by atoms with Crippen LogP contribution in [0, 0.1) is 19.7 Å². The number of hydrogen-bond acceptors (Lipinski definition) is 5. The lowest BCUT2D eigenvalue weighted by Gasteiger charge is -2.32. The first kappa shape index (κ1) is 25.3. The van der Waals surface area contributed by atoms with E-state index in [1.165, 1.54) is 31.4 Å². The molecule has 1 fully saturated rings. The predicted molar refractivity (Wildman–Crippen MR) is 143 cm³/mol. The lowest BCUT2D eigenvalue weighted by atomic mass is 9.95. The molecule has 5 rings (SSSR count). The SMILES string of the molecule is CC[C@H](c1nnnn1C1CCCCC1)N(Cc1ccc(F)cc1)Cc1cc2c(C)cc(C)cc2[nH]c1=O. The Labute approximate surface area is 216 Å². The second-order valence-electron chi connectivity index (χ2n) is 10.4. The largest absolute Gasteiger partial charge is 0.322 e. The van der Waals surface area contributed by atoms with Gasteiger partial charge in [-0.25, -0.2) is 9.07 Å². The summed E-state index contributed by atoms with van der Waals surface area (Å²) in [6.07, 6.45) is 6.56. The number of aromatic nitrogens is 5. The van der Waals surface area contributed by atoms with E-state index in [9.17, 15) is 9.18 Å². The number of nitrogens with zero attached hydrogens (tertiary/aromatic N) is 5. The van der Waals surface area contributed by atoms with Gasteiger partial charge in [-0.05, 0) is 84.5 Å². The summed E-state index contributed by atoms with van der Waals surface area (Å²) in [6.45, 7) is 7.19. The van der Waals surface area contributed by atoms with E-state index in [-0.39, 0.29) is 17.4 Å². The molecule has 0 amide bonds. The molecular weight excluding hydrogens is 467 g/mol. The summed E-state index contributed by atoms with van der Waals surface area (Å²) in [5.74, 6) is 0.570. The average Bonchev–Trinajstić information content (AvgIpc) is 3.36. The van der Waals surface area contributed by atoms with Crippen LogP contribution in [-0.4, -0.2) is 30.1 Å². The highest BCUT2D eigenvalue weighted by Gasteiger charge is 2.29. The van der Waals surface area contributed by atoms with Gasteiger partial charge in [0.2, 0.25) is 0 Å². The van der Waals surface area contributed by atoms with Crippen LogP contribution in [0.1, 0.15) is 85.6 Å². The summed E-state index contributed by atoms with van der Waals surface area (Å²) in [5, 5.41) is 14.0. The van der Waals surface area contributed by atoms with E-state index in [4.69, 9.17) is 0 Å². The van der Waals surface area contributed by atoms with Crippen molar-refractivity contribution in [2.75, 3.05) is 0 Å². The van der Waals surface area contributed by atoms with Crippen LogP contribution in [0.4, 0.5) is 4.39 Å². The van der Waals surface area contributed by atoms with E-state index in [2.05, 4.69) is 45.3 Å². The van der Waals surface area contributed by atoms with Crippen molar-refractivity contribution >= 4 is 10.9 Å². The third kappa shape index (κ3) is 5.49. The molecule has 1 aliphatic carbocycles. The highest BCUT2D eigenvalue weighted by molar-refractivity contribution is 5.83. The quantitative estimate of drug-likeness (QED) is 0.323. The Hall–Kier alpha value is -3.39. The van der Waals surface area contributed by atoms with Crippen LogP contribution in [0.15, 0.2) is 47.3 Å². The van der Waals surface area contributed by atoms with Gasteiger partial charge in [-0.1, -0.05) is 44.4 Å². The smallest absolute Gasteiger partial charge is 0.252 e. The molecule has 1 saturated carbocycles. The van der Waals surface area contributed by atoms with Crippen molar-refractivity contribution in [3.8, 4) is 0 Å². The van der Waals surface area contributed by atoms with Gasteiger partial charge < -0.3 is 4.98 Å². The molecule has 8 heteroatoms. The van der Waals surface area contributed by atoms with Crippen molar-refractivity contribution < 1.29 is 4.39 Å². The number of nitrogens with one attached hydrogen (secondary N) is 1. The van der Waals surface area contributed by atoms with Crippen molar-refractivity contribution in [1.29, 1.82) is 0 Å². The first-order chi connectivity index (χ1) is 17.9. The molecule has 37 heavy (non-hydrogen) atoms. The summed E-state index contributed by atoms with van der Waals surface area (Å²) < 4.78 is 15.7. The van der Waals surface area contributed by atoms with Crippen LogP contribution in [0.25, 0.3) is 10.9 Å². The number of fused-ring (bicyclic) bond motifs is 1. The number of rotatable bonds is 8. The Balaban J connectivity index is 1.54. The van der Waals surface area contributed by atoms with Crippen LogP contribution in [0.3, 0.4) is 0 Å². The molecule has 7 nitrogen and oxygen atoms in total. The van der Waals surface area contributed by atoms with Gasteiger partial charge >= 0.3 is 0 Å². The third-order valence-electron chi connectivity index (χ3n) is 7.63. The minimum absolute atomic E-state index is 0.0941. The highest BCUT2D eigenvalue weighted by atomic mass is 19.1. The fraction of sp³-hybridized carbons (Fsp3) is 0.448. The van der Waals surface area contributed by atoms with Gasteiger partial charge in [0.25, 0.3) is 5.56 Å². The molecule has 0 radical (unpaired) electrons. The summed E-state index contributed by atoms with van der Waals surface area (Å²) >= 11 is 0. The fourth-order valence-electron chi connectivity index (χ4n) is 5.76. The molecule has 2 aromatic heterocycles. The number of halogens is 1. The summed E-state index contributed by atoms with van der Waals surface area (Å²) in [5.41, 5.74) is 4.67. The molecule has 2 heterocycles. The highest BCUT2D eigenvalue weighted by Crippen LogP contribution is 2.33. The van der Waals surface area contributed by atoms with Gasteiger partial charge in [0.1, 0.15) is 5.82 Å². The maximum absolute atomic E-state index is 13.7. The molecule has 194 valence electrons. The monoisotopic (exact) mass is 502 g/mol. The number of pyridine rings is 1. The lowest BCUT2D eigenvalue weighted by molar-refractivity contribution is 0.155. The minimum Gasteiger partial charge on any atom is -0.322 e. The van der Waals surface area contributed by atoms with E-state index in [1.54, 1.807) is 12.1 Å². The van der Waals surface area contributed by atoms with Gasteiger partial charge in [-0.2, -0.15) is 0 Å². The summed E-state index contributed by atoms with van der Waals surface area (Å²) in [6, 6.07) is 12.9. The molecule has 2 aromatic carbocycles. The first-order valence-electron chi connectivity index (χ1n) is 13.3. The maximum Gasteiger partial charge on any atom is 0.252 e. The zero-order valence-electron chi connectivity index (χ0n) is 21.9. The summed E-state index contributed by atoms with van der Waals surface area (Å²) in [7, 11) is 0. The van der Waals surface area contributed by atoms with E-state index in [1.807, 2.05) is 23.7 Å². The predicted octanol–water partition coefficient (Wildman–Crippen LogP) is 5.93. The molecule has 0 unspecified atom stereocenters. The molecule has 1 N–H and O–H groups in total. The number of aromatic amines is 1. The normalized spacial score (nSPS) is 15.5. The third-order valence-corrected chi connectivity index (χ3v) is 7.63. The van der Waals surface area contributed by atoms with Crippen molar-refractivity contribution in [1.82, 2.24) is 30.1 Å². The van der Waals surface area contributed by atoms with Crippen molar-refractivity contribution in [3.05, 3.63) is 86.7 Å². The lowest BCUT2D eigenvalue weighted by Crippen LogP contribution is -2.33. The number of aryl methyl sites for hydroxylation is 2. The maximum atomic E-state index is 13.7. The first-order valence-corrected chi connectivity index (χ1v) is 13.3. The average molecular weight is 503 g/mol. The summed E-state index contributed by atoms with van der Waals surface area (Å²) in [4.78, 5) is 18.6. The van der Waals surface area contributed by atoms with E-state index in [0.717, 1.165) is 52.7 Å². The number of tetrazole rings is 1. The van der Waals surface area contributed by atoms with E-state index >= 15 is 0 Å². The molecule has 0 bridgehead atoms. The fourth-order valence-corrected chi connectivity index (χ4v) is 5.76. The molecule has 0 saturated heterocycles. The van der Waals surface area contributed by atoms with Gasteiger partial charge in [-0.3, -0.25) is 9.69 Å². The van der Waals surface area contributed by atoms with Crippen molar-refractivity contribution in [2.45, 2.75) is 84.5 Å². The number of H-pyrrole nitrogens is 1. The van der Waals surface area contributed by atoms with E-state index in [0.29, 0.717) is 24.7 Å². The van der Waals surface area contributed by atoms with Gasteiger partial charge in [-0.15, -0.1) is 5.10 Å². The zero-order valence-corrected chi connectivity index (χ0v) is 21.9. The Morgan fingerprint density at radius 1 is 1.08 bits per heavy atom. The molecular formula is C29H35FN6O. The minimum atomic E-state index is -0.264. The van der Waals surface area contributed by atoms with Crippen LogP contribution < -0.4 is 5.56 Å². The molecule has 1 atom stereocenters. The molecule has 0 spiro atoms. The van der Waals surface area contributed by atoms with Crippen LogP contribution in [0.2, 0.25) is 0 Å². The standard InChI is InChI=1S/C29H35FN6O/c1-4-27(28-32-33-34-36(28)24-8-6-5-7-9-24)35(17-21-10-12-23(30)13-11-21)18-22-16-25-20(3)14-19(2)15-26(25)31-29(22)37/h10-16,24,27H,4-9,17-18H2,1-3H3,(H,31,37)/t27-/m1/s1. The number of benzene rings is 2. The molecule has 4 aromatic rings. The molecule has 0 aliphatic heterocycles. The van der Waals surface area contributed by atoms with Gasteiger partial charge in [0.05, 0.1) is 12.1 Å². The second-order valence-corrected chi connectivity index (χ2v) is 10.4. The van der Waals surface area contributed by atoms with Crippen molar-refractivity contribution in [3.63, 3.8) is 0 Å². The topological polar surface area (TPSA) is 79.7 Å². The van der Waals surface area contributed by atoms with E-state index < -0.39 is 0 Å². The Kier molecular flexibility index (Phi) is 7.46. The van der Waals surface area contributed by atoms with Gasteiger partial charge in [0.15, 0.2) is 5.82 Å². The Morgan fingerprint density at radius 3 is 2.57 bits per heavy atom.